The number of esters is 2. The first kappa shape index (κ1) is 27.2. The van der Waals surface area contributed by atoms with Gasteiger partial charge in [-0.2, -0.15) is 0 Å². The van der Waals surface area contributed by atoms with Crippen molar-refractivity contribution in [2.24, 2.45) is 0 Å². The van der Waals surface area contributed by atoms with E-state index < -0.39 is 5.97 Å². The quantitative estimate of drug-likeness (QED) is 0.194. The van der Waals surface area contributed by atoms with E-state index in [1.165, 1.54) is 18.9 Å². The van der Waals surface area contributed by atoms with E-state index in [-0.39, 0.29) is 5.97 Å². The molecular formula is C31H32N2O4S. The summed E-state index contributed by atoms with van der Waals surface area (Å²) >= 11 is 1.52. The molecule has 0 unspecified atom stereocenters. The number of nitrogens with zero attached hydrogens (tertiary/aromatic N) is 2. The van der Waals surface area contributed by atoms with Gasteiger partial charge in [-0.15, -0.1) is 0 Å². The Morgan fingerprint density at radius 3 is 2.29 bits per heavy atom. The highest BCUT2D eigenvalue weighted by molar-refractivity contribution is 7.99. The van der Waals surface area contributed by atoms with Crippen molar-refractivity contribution in [3.05, 3.63) is 102 Å². The van der Waals surface area contributed by atoms with E-state index >= 15 is 0 Å². The van der Waals surface area contributed by atoms with Crippen molar-refractivity contribution in [1.29, 1.82) is 0 Å². The first-order chi connectivity index (χ1) is 18.5. The van der Waals surface area contributed by atoms with Crippen molar-refractivity contribution in [2.45, 2.75) is 49.6 Å². The molecule has 0 aliphatic heterocycles. The highest BCUT2D eigenvalue weighted by Gasteiger charge is 2.24. The Morgan fingerprint density at radius 1 is 0.895 bits per heavy atom. The van der Waals surface area contributed by atoms with Crippen LogP contribution >= 0.6 is 11.8 Å². The van der Waals surface area contributed by atoms with Gasteiger partial charge in [-0.05, 0) is 48.2 Å². The molecule has 196 valence electrons. The summed E-state index contributed by atoms with van der Waals surface area (Å²) in [7, 11) is 1.39. The minimum atomic E-state index is -0.405. The molecule has 0 spiro atoms. The Morgan fingerprint density at radius 2 is 1.61 bits per heavy atom. The molecule has 0 saturated carbocycles. The van der Waals surface area contributed by atoms with Crippen LogP contribution in [0, 0.1) is 0 Å². The lowest BCUT2D eigenvalue weighted by atomic mass is 9.98. The molecule has 4 aromatic rings. The van der Waals surface area contributed by atoms with Gasteiger partial charge in [0.25, 0.3) is 0 Å². The monoisotopic (exact) mass is 528 g/mol. The maximum absolute atomic E-state index is 12.9. The summed E-state index contributed by atoms with van der Waals surface area (Å²) in [5.41, 5.74) is 3.69. The first-order valence-electron chi connectivity index (χ1n) is 12.8. The van der Waals surface area contributed by atoms with Crippen LogP contribution in [0.2, 0.25) is 0 Å². The maximum atomic E-state index is 12.9. The average molecular weight is 529 g/mol. The standard InChI is InChI=1S/C31H32N2O4S/c1-4-6-16-27-32-28(31(35)37-5-2)29(38-24-12-8-7-9-13-24)33(27)21-22-17-19-23(20-18-22)25-14-10-11-15-26(25)30(34)36-3/h7-15,17-20H,4-6,16,21H2,1-3H3. The van der Waals surface area contributed by atoms with Crippen LogP contribution in [0.4, 0.5) is 0 Å². The Bertz CT molecular complexity index is 1380. The molecule has 4 rings (SSSR count). The third-order valence-corrected chi connectivity index (χ3v) is 7.23. The van der Waals surface area contributed by atoms with Crippen molar-refractivity contribution < 1.29 is 19.1 Å². The number of aryl methyl sites for hydroxylation is 1. The first-order valence-corrected chi connectivity index (χ1v) is 13.6. The summed E-state index contributed by atoms with van der Waals surface area (Å²) in [6.07, 6.45) is 2.76. The summed E-state index contributed by atoms with van der Waals surface area (Å²) in [6, 6.07) is 25.5. The van der Waals surface area contributed by atoms with E-state index in [0.29, 0.717) is 24.4 Å². The molecule has 0 aliphatic rings. The Labute approximate surface area is 228 Å². The minimum absolute atomic E-state index is 0.292. The van der Waals surface area contributed by atoms with E-state index in [4.69, 9.17) is 14.5 Å². The topological polar surface area (TPSA) is 70.4 Å². The number of unbranched alkanes of at least 4 members (excludes halogenated alkanes) is 1. The van der Waals surface area contributed by atoms with Crippen molar-refractivity contribution in [3.8, 4) is 11.1 Å². The molecule has 0 N–H and O–H groups in total. The summed E-state index contributed by atoms with van der Waals surface area (Å²) in [4.78, 5) is 31.0. The van der Waals surface area contributed by atoms with E-state index in [0.717, 1.165) is 51.7 Å². The zero-order valence-corrected chi connectivity index (χ0v) is 22.8. The number of methoxy groups -OCH3 is 1. The van der Waals surface area contributed by atoms with Gasteiger partial charge < -0.3 is 14.0 Å². The molecule has 0 fully saturated rings. The third-order valence-electron chi connectivity index (χ3n) is 6.12. The molecule has 0 bridgehead atoms. The number of carbonyl (C=O) groups excluding carboxylic acids is 2. The van der Waals surface area contributed by atoms with Gasteiger partial charge in [-0.3, -0.25) is 0 Å². The summed E-state index contributed by atoms with van der Waals surface area (Å²) in [5, 5.41) is 0.779. The molecule has 6 nitrogen and oxygen atoms in total. The molecule has 38 heavy (non-hydrogen) atoms. The van der Waals surface area contributed by atoms with Crippen LogP contribution in [-0.4, -0.2) is 35.2 Å². The van der Waals surface area contributed by atoms with Crippen LogP contribution in [0.25, 0.3) is 11.1 Å². The molecule has 0 radical (unpaired) electrons. The van der Waals surface area contributed by atoms with Gasteiger partial charge in [-0.1, -0.05) is 85.8 Å². The number of rotatable bonds is 11. The average Bonchev–Trinajstić information content (AvgIpc) is 3.29. The Balaban J connectivity index is 1.72. The van der Waals surface area contributed by atoms with Crippen LogP contribution < -0.4 is 0 Å². The molecule has 1 heterocycles. The zero-order valence-electron chi connectivity index (χ0n) is 22.0. The highest BCUT2D eigenvalue weighted by Crippen LogP contribution is 2.33. The van der Waals surface area contributed by atoms with Crippen LogP contribution in [0.5, 0.6) is 0 Å². The normalized spacial score (nSPS) is 10.8. The number of hydrogen-bond acceptors (Lipinski definition) is 6. The second-order valence-electron chi connectivity index (χ2n) is 8.74. The van der Waals surface area contributed by atoms with Crippen LogP contribution in [0.1, 0.15) is 58.9 Å². The molecule has 7 heteroatoms. The minimum Gasteiger partial charge on any atom is -0.465 e. The van der Waals surface area contributed by atoms with Gasteiger partial charge >= 0.3 is 11.9 Å². The van der Waals surface area contributed by atoms with Crippen molar-refractivity contribution in [2.75, 3.05) is 13.7 Å². The SMILES string of the molecule is CCCCc1nc(C(=O)OCC)c(Sc2ccccc2)n1Cc1ccc(-c2ccccc2C(=O)OC)cc1. The van der Waals surface area contributed by atoms with Gasteiger partial charge in [0.05, 0.1) is 19.3 Å². The fourth-order valence-electron chi connectivity index (χ4n) is 4.20. The second-order valence-corrected chi connectivity index (χ2v) is 9.80. The van der Waals surface area contributed by atoms with E-state index in [1.807, 2.05) is 72.8 Å². The fourth-order valence-corrected chi connectivity index (χ4v) is 5.22. The van der Waals surface area contributed by atoms with E-state index in [9.17, 15) is 9.59 Å². The predicted octanol–water partition coefficient (Wildman–Crippen LogP) is 7.06. The third kappa shape index (κ3) is 6.34. The second kappa shape index (κ2) is 13.1. The lowest BCUT2D eigenvalue weighted by Crippen LogP contribution is -2.09. The largest absolute Gasteiger partial charge is 0.465 e. The summed E-state index contributed by atoms with van der Waals surface area (Å²) in [5.74, 6) is 0.100. The number of imidazole rings is 1. The van der Waals surface area contributed by atoms with Crippen molar-refractivity contribution in [3.63, 3.8) is 0 Å². The van der Waals surface area contributed by atoms with Gasteiger partial charge in [0.2, 0.25) is 0 Å². The molecule has 3 aromatic carbocycles. The molecule has 1 aromatic heterocycles. The van der Waals surface area contributed by atoms with Crippen molar-refractivity contribution in [1.82, 2.24) is 9.55 Å². The molecular weight excluding hydrogens is 496 g/mol. The smallest absolute Gasteiger partial charge is 0.359 e. The lowest BCUT2D eigenvalue weighted by Gasteiger charge is -2.14. The van der Waals surface area contributed by atoms with Crippen molar-refractivity contribution >= 4 is 23.7 Å². The lowest BCUT2D eigenvalue weighted by molar-refractivity contribution is 0.0514. The highest BCUT2D eigenvalue weighted by atomic mass is 32.2. The molecule has 0 amide bonds. The van der Waals surface area contributed by atoms with Gasteiger partial charge in [0, 0.05) is 17.9 Å². The number of carbonyl (C=O) groups is 2. The predicted molar refractivity (Wildman–Crippen MR) is 150 cm³/mol. The number of aromatic nitrogens is 2. The van der Waals surface area contributed by atoms with Crippen LogP contribution in [0.3, 0.4) is 0 Å². The number of ether oxygens (including phenoxy) is 2. The Hall–Kier alpha value is -3.84. The Kier molecular flexibility index (Phi) is 9.38. The van der Waals surface area contributed by atoms with Gasteiger partial charge in [-0.25, -0.2) is 14.6 Å². The number of benzene rings is 3. The molecule has 0 aliphatic carbocycles. The van der Waals surface area contributed by atoms with Gasteiger partial charge in [0.15, 0.2) is 5.69 Å². The maximum Gasteiger partial charge on any atom is 0.359 e. The van der Waals surface area contributed by atoms with Crippen LogP contribution in [0.15, 0.2) is 88.8 Å². The van der Waals surface area contributed by atoms with Crippen LogP contribution in [-0.2, 0) is 22.4 Å². The molecule has 0 saturated heterocycles. The van der Waals surface area contributed by atoms with E-state index in [2.05, 4.69) is 11.5 Å². The molecule has 0 atom stereocenters. The summed E-state index contributed by atoms with van der Waals surface area (Å²) < 4.78 is 12.5. The fraction of sp³-hybridized carbons (Fsp3) is 0.258. The zero-order chi connectivity index (χ0) is 26.9. The van der Waals surface area contributed by atoms with E-state index in [1.54, 1.807) is 13.0 Å². The van der Waals surface area contributed by atoms with Gasteiger partial charge in [0.1, 0.15) is 10.9 Å². The number of hydrogen-bond donors (Lipinski definition) is 0. The summed E-state index contributed by atoms with van der Waals surface area (Å²) in [6.45, 7) is 4.79.